The molecule has 12 nitrogen and oxygen atoms in total. The zero-order valence-electron chi connectivity index (χ0n) is 22.1. The highest BCUT2D eigenvalue weighted by atomic mass is 16.5. The summed E-state index contributed by atoms with van der Waals surface area (Å²) in [6.45, 7) is 2.62. The molecule has 3 amide bonds. The molecule has 2 aromatic heterocycles. The molecule has 3 aliphatic rings. The van der Waals surface area contributed by atoms with Gasteiger partial charge in [-0.25, -0.2) is 14.8 Å². The van der Waals surface area contributed by atoms with Gasteiger partial charge in [0.15, 0.2) is 6.29 Å². The van der Waals surface area contributed by atoms with Crippen molar-refractivity contribution in [2.75, 3.05) is 55.5 Å². The minimum absolute atomic E-state index is 0.0839. The Hall–Kier alpha value is -4.08. The van der Waals surface area contributed by atoms with Crippen molar-refractivity contribution in [3.05, 3.63) is 40.7 Å². The van der Waals surface area contributed by atoms with Crippen LogP contribution in [0.1, 0.15) is 46.4 Å². The van der Waals surface area contributed by atoms with E-state index in [9.17, 15) is 19.6 Å². The summed E-state index contributed by atoms with van der Waals surface area (Å²) in [5, 5.41) is 12.4. The van der Waals surface area contributed by atoms with Gasteiger partial charge in [-0.3, -0.25) is 19.8 Å². The third-order valence-corrected chi connectivity index (χ3v) is 7.58. The molecule has 5 heterocycles. The normalized spacial score (nSPS) is 20.6. The van der Waals surface area contributed by atoms with Crippen LogP contribution >= 0.6 is 0 Å². The number of pyridine rings is 2. The quantitative estimate of drug-likeness (QED) is 0.530. The van der Waals surface area contributed by atoms with E-state index in [-0.39, 0.29) is 24.2 Å². The van der Waals surface area contributed by atoms with E-state index in [1.807, 2.05) is 6.07 Å². The lowest BCUT2D eigenvalue weighted by molar-refractivity contribution is -0.136. The Labute approximate surface area is 226 Å². The largest absolute Gasteiger partial charge is 0.380 e. The van der Waals surface area contributed by atoms with Crippen LogP contribution in [0.2, 0.25) is 0 Å². The van der Waals surface area contributed by atoms with Gasteiger partial charge in [0, 0.05) is 71.2 Å². The van der Waals surface area contributed by atoms with Crippen LogP contribution in [-0.2, 0) is 27.2 Å². The third-order valence-electron chi connectivity index (χ3n) is 7.58. The van der Waals surface area contributed by atoms with Crippen molar-refractivity contribution in [2.24, 2.45) is 0 Å². The first-order valence-corrected chi connectivity index (χ1v) is 13.0. The van der Waals surface area contributed by atoms with E-state index in [1.165, 1.54) is 18.2 Å². The summed E-state index contributed by atoms with van der Waals surface area (Å²) in [6, 6.07) is 5.32. The standard InChI is InChI=1S/C27H31N7O5/c1-38-20-5-8-32(15-20)22-11-24(29-13-19(22)12-28)31-27(37)34-7-3-4-17-10-18(21(16-35)30-25(17)34)14-33-9-6-23(39-2)26(33)36/h10-11,13,16,20,23H,3-9,14-15H2,1-2H3,(H,29,31,37)/t20-,23+/m0/s1. The van der Waals surface area contributed by atoms with Crippen molar-refractivity contribution in [3.63, 3.8) is 0 Å². The van der Waals surface area contributed by atoms with Gasteiger partial charge in [0.2, 0.25) is 0 Å². The first-order chi connectivity index (χ1) is 18.9. The first-order valence-electron chi connectivity index (χ1n) is 13.0. The molecule has 0 saturated carbocycles. The number of likely N-dealkylation sites (tertiary alicyclic amines) is 1. The number of fused-ring (bicyclic) bond motifs is 1. The molecule has 5 rings (SSSR count). The van der Waals surface area contributed by atoms with Gasteiger partial charge in [0.25, 0.3) is 5.91 Å². The molecular weight excluding hydrogens is 502 g/mol. The van der Waals surface area contributed by atoms with Crippen molar-refractivity contribution in [3.8, 4) is 6.07 Å². The molecule has 2 fully saturated rings. The van der Waals surface area contributed by atoms with Crippen LogP contribution in [0, 0.1) is 11.3 Å². The summed E-state index contributed by atoms with van der Waals surface area (Å²) in [6.07, 6.45) is 4.61. The van der Waals surface area contributed by atoms with Gasteiger partial charge >= 0.3 is 6.03 Å². The van der Waals surface area contributed by atoms with Crippen LogP contribution in [-0.4, -0.2) is 85.7 Å². The number of hydrogen-bond donors (Lipinski definition) is 1. The van der Waals surface area contributed by atoms with E-state index < -0.39 is 12.1 Å². The fourth-order valence-electron chi connectivity index (χ4n) is 5.45. The topological polar surface area (TPSA) is 141 Å². The molecule has 2 aromatic rings. The highest BCUT2D eigenvalue weighted by Gasteiger charge is 2.33. The van der Waals surface area contributed by atoms with Crippen LogP contribution in [0.5, 0.6) is 0 Å². The van der Waals surface area contributed by atoms with Crippen LogP contribution in [0.3, 0.4) is 0 Å². The van der Waals surface area contributed by atoms with E-state index in [1.54, 1.807) is 18.1 Å². The summed E-state index contributed by atoms with van der Waals surface area (Å²) in [5.41, 5.74) is 2.80. The fraction of sp³-hybridized carbons (Fsp3) is 0.481. The van der Waals surface area contributed by atoms with Gasteiger partial charge in [0.05, 0.1) is 17.4 Å². The minimum atomic E-state index is -0.460. The summed E-state index contributed by atoms with van der Waals surface area (Å²) in [4.78, 5) is 51.9. The lowest BCUT2D eigenvalue weighted by Crippen LogP contribution is -2.40. The number of carbonyl (C=O) groups is 3. The number of urea groups is 1. The number of carbonyl (C=O) groups excluding carboxylic acids is 3. The second-order valence-electron chi connectivity index (χ2n) is 9.88. The van der Waals surface area contributed by atoms with Crippen molar-refractivity contribution in [2.45, 2.75) is 44.4 Å². The van der Waals surface area contributed by atoms with Gasteiger partial charge in [-0.05, 0) is 30.9 Å². The smallest absolute Gasteiger partial charge is 0.328 e. The zero-order chi connectivity index (χ0) is 27.5. The number of hydrogen-bond acceptors (Lipinski definition) is 9. The maximum atomic E-state index is 13.4. The molecule has 0 aliphatic carbocycles. The molecule has 2 atom stereocenters. The van der Waals surface area contributed by atoms with Crippen LogP contribution in [0.15, 0.2) is 18.3 Å². The van der Waals surface area contributed by atoms with Crippen molar-refractivity contribution >= 4 is 35.5 Å². The number of nitrogens with zero attached hydrogens (tertiary/aromatic N) is 6. The number of nitrogens with one attached hydrogen (secondary N) is 1. The number of ether oxygens (including phenoxy) is 2. The number of aldehydes is 1. The van der Waals surface area contributed by atoms with Crippen molar-refractivity contribution in [1.82, 2.24) is 14.9 Å². The van der Waals surface area contributed by atoms with Crippen LogP contribution < -0.4 is 15.1 Å². The Morgan fingerprint density at radius 3 is 2.77 bits per heavy atom. The molecule has 1 N–H and O–H groups in total. The third kappa shape index (κ3) is 5.28. The predicted molar refractivity (Wildman–Crippen MR) is 142 cm³/mol. The predicted octanol–water partition coefficient (Wildman–Crippen LogP) is 2.12. The molecule has 0 radical (unpaired) electrons. The number of anilines is 3. The molecule has 3 aliphatic heterocycles. The van der Waals surface area contributed by atoms with Crippen LogP contribution in [0.25, 0.3) is 0 Å². The number of methoxy groups -OCH3 is 2. The molecule has 0 spiro atoms. The van der Waals surface area contributed by atoms with Gasteiger partial charge < -0.3 is 19.3 Å². The van der Waals surface area contributed by atoms with Gasteiger partial charge in [0.1, 0.15) is 29.5 Å². The van der Waals surface area contributed by atoms with E-state index >= 15 is 0 Å². The summed E-state index contributed by atoms with van der Waals surface area (Å²) >= 11 is 0. The number of amides is 3. The zero-order valence-corrected chi connectivity index (χ0v) is 22.1. The fourth-order valence-corrected chi connectivity index (χ4v) is 5.45. The van der Waals surface area contributed by atoms with E-state index in [0.717, 1.165) is 18.5 Å². The van der Waals surface area contributed by atoms with Crippen LogP contribution in [0.4, 0.5) is 22.1 Å². The Balaban J connectivity index is 1.36. The number of nitriles is 1. The number of aryl methyl sites for hydroxylation is 1. The van der Waals surface area contributed by atoms with E-state index in [4.69, 9.17) is 9.47 Å². The molecule has 0 unspecified atom stereocenters. The molecule has 0 bridgehead atoms. The minimum Gasteiger partial charge on any atom is -0.380 e. The SMILES string of the molecule is CO[C@H]1CCN(c2cc(NC(=O)N3CCCc4cc(CN5CC[C@@H](OC)C5=O)c(C=O)nc43)ncc2C#N)C1. The number of rotatable bonds is 7. The molecule has 0 aromatic carbocycles. The monoisotopic (exact) mass is 533 g/mol. The summed E-state index contributed by atoms with van der Waals surface area (Å²) in [7, 11) is 3.18. The maximum absolute atomic E-state index is 13.4. The maximum Gasteiger partial charge on any atom is 0.328 e. The Kier molecular flexibility index (Phi) is 7.72. The number of aromatic nitrogens is 2. The highest BCUT2D eigenvalue weighted by molar-refractivity contribution is 6.02. The molecule has 39 heavy (non-hydrogen) atoms. The molecule has 12 heteroatoms. The van der Waals surface area contributed by atoms with E-state index in [0.29, 0.717) is 73.6 Å². The first kappa shape index (κ1) is 26.5. The van der Waals surface area contributed by atoms with Crippen molar-refractivity contribution < 1.29 is 23.9 Å². The Morgan fingerprint density at radius 2 is 2.08 bits per heavy atom. The van der Waals surface area contributed by atoms with Gasteiger partial charge in [-0.1, -0.05) is 0 Å². The lowest BCUT2D eigenvalue weighted by atomic mass is 10.0. The lowest BCUT2D eigenvalue weighted by Gasteiger charge is -2.29. The average molecular weight is 534 g/mol. The Bertz CT molecular complexity index is 1330. The highest BCUT2D eigenvalue weighted by Crippen LogP contribution is 2.30. The average Bonchev–Trinajstić information content (AvgIpc) is 3.58. The summed E-state index contributed by atoms with van der Waals surface area (Å²) in [5.74, 6) is 0.631. The van der Waals surface area contributed by atoms with Gasteiger partial charge in [-0.15, -0.1) is 0 Å². The molecule has 2 saturated heterocycles. The second-order valence-corrected chi connectivity index (χ2v) is 9.88. The van der Waals surface area contributed by atoms with Gasteiger partial charge in [-0.2, -0.15) is 5.26 Å². The summed E-state index contributed by atoms with van der Waals surface area (Å²) < 4.78 is 10.7. The molecular formula is C27H31N7O5. The second kappa shape index (κ2) is 11.3. The Morgan fingerprint density at radius 1 is 1.23 bits per heavy atom. The van der Waals surface area contributed by atoms with Crippen molar-refractivity contribution in [1.29, 1.82) is 5.26 Å². The molecule has 204 valence electrons. The van der Waals surface area contributed by atoms with E-state index in [2.05, 4.69) is 26.3 Å².